The summed E-state index contributed by atoms with van der Waals surface area (Å²) < 4.78 is 50.1. The third-order valence-corrected chi connectivity index (χ3v) is 7.88. The molecule has 0 unspecified atom stereocenters. The van der Waals surface area contributed by atoms with E-state index in [1.54, 1.807) is 30.3 Å². The Labute approximate surface area is 198 Å². The number of para-hydroxylation sites is 2. The van der Waals surface area contributed by atoms with E-state index in [-0.39, 0.29) is 11.5 Å². The molecule has 182 valence electrons. The van der Waals surface area contributed by atoms with Crippen LogP contribution >= 0.6 is 0 Å². The van der Waals surface area contributed by atoms with Crippen molar-refractivity contribution in [3.63, 3.8) is 0 Å². The molecule has 11 heteroatoms. The fourth-order valence-corrected chi connectivity index (χ4v) is 5.59. The first-order chi connectivity index (χ1) is 16.5. The van der Waals surface area contributed by atoms with Gasteiger partial charge in [0.25, 0.3) is 5.91 Å². The lowest BCUT2D eigenvalue weighted by Crippen LogP contribution is -2.42. The second-order valence-electron chi connectivity index (χ2n) is 8.15. The molecule has 3 heterocycles. The average Bonchev–Trinajstić information content (AvgIpc) is 2.89. The molecule has 2 saturated heterocycles. The third-order valence-electron chi connectivity index (χ3n) is 5.99. The van der Waals surface area contributed by atoms with Gasteiger partial charge in [0.2, 0.25) is 16.1 Å². The zero-order valence-electron chi connectivity index (χ0n) is 18.6. The van der Waals surface area contributed by atoms with E-state index in [1.165, 1.54) is 10.4 Å². The molecule has 2 fully saturated rings. The molecule has 2 aromatic carbocycles. The van der Waals surface area contributed by atoms with Gasteiger partial charge in [0, 0.05) is 26.2 Å². The smallest absolute Gasteiger partial charge is 0.269 e. The average molecular weight is 490 g/mol. The Morgan fingerprint density at radius 3 is 2.32 bits per heavy atom. The Morgan fingerprint density at radius 1 is 0.912 bits per heavy atom. The van der Waals surface area contributed by atoms with Crippen molar-refractivity contribution in [2.75, 3.05) is 69.4 Å². The number of amides is 1. The lowest BCUT2D eigenvalue weighted by atomic mass is 10.2. The zero-order chi connectivity index (χ0) is 23.5. The third kappa shape index (κ3) is 4.69. The molecule has 2 aromatic rings. The van der Waals surface area contributed by atoms with Crippen molar-refractivity contribution in [3.8, 4) is 11.5 Å². The summed E-state index contributed by atoms with van der Waals surface area (Å²) in [7, 11) is -3.73. The van der Waals surface area contributed by atoms with Crippen LogP contribution in [0.5, 0.6) is 11.5 Å². The maximum absolute atomic E-state index is 13.2. The molecule has 34 heavy (non-hydrogen) atoms. The van der Waals surface area contributed by atoms with E-state index in [4.69, 9.17) is 18.9 Å². The van der Waals surface area contributed by atoms with Crippen LogP contribution in [0.2, 0.25) is 0 Å². The Bertz CT molecular complexity index is 1150. The van der Waals surface area contributed by atoms with Crippen LogP contribution in [0, 0.1) is 0 Å². The molecule has 10 nitrogen and oxygen atoms in total. The van der Waals surface area contributed by atoms with Gasteiger partial charge in [-0.05, 0) is 30.3 Å². The molecule has 0 saturated carbocycles. The Hall–Kier alpha value is -2.86. The van der Waals surface area contributed by atoms with Gasteiger partial charge in [0.05, 0.1) is 42.7 Å². The lowest BCUT2D eigenvalue weighted by molar-refractivity contribution is -0.125. The van der Waals surface area contributed by atoms with E-state index >= 15 is 0 Å². The first-order valence-corrected chi connectivity index (χ1v) is 12.7. The number of hydrogen-bond donors (Lipinski definition) is 1. The Morgan fingerprint density at radius 2 is 1.59 bits per heavy atom. The van der Waals surface area contributed by atoms with Gasteiger partial charge in [-0.15, -0.1) is 0 Å². The van der Waals surface area contributed by atoms with E-state index in [0.717, 1.165) is 5.69 Å². The normalized spacial score (nSPS) is 21.2. The maximum atomic E-state index is 13.2. The molecule has 1 amide bonds. The molecule has 0 aliphatic carbocycles. The van der Waals surface area contributed by atoms with Gasteiger partial charge in [-0.3, -0.25) is 4.79 Å². The highest BCUT2D eigenvalue weighted by molar-refractivity contribution is 7.89. The van der Waals surface area contributed by atoms with Gasteiger partial charge >= 0.3 is 0 Å². The number of hydrogen-bond acceptors (Lipinski definition) is 8. The molecule has 1 atom stereocenters. The van der Waals surface area contributed by atoms with Crippen LogP contribution in [0.4, 0.5) is 11.4 Å². The number of benzene rings is 2. The van der Waals surface area contributed by atoms with E-state index in [9.17, 15) is 13.2 Å². The van der Waals surface area contributed by atoms with Crippen LogP contribution in [0.3, 0.4) is 0 Å². The second-order valence-corrected chi connectivity index (χ2v) is 10.1. The van der Waals surface area contributed by atoms with Crippen LogP contribution in [0.25, 0.3) is 0 Å². The lowest BCUT2D eigenvalue weighted by Gasteiger charge is -2.32. The summed E-state index contributed by atoms with van der Waals surface area (Å²) >= 11 is 0. The van der Waals surface area contributed by atoms with Crippen molar-refractivity contribution in [2.24, 2.45) is 0 Å². The van der Waals surface area contributed by atoms with E-state index in [0.29, 0.717) is 69.8 Å². The molecule has 0 radical (unpaired) electrons. The molecule has 0 bridgehead atoms. The minimum Gasteiger partial charge on any atom is -0.485 e. The first-order valence-electron chi connectivity index (χ1n) is 11.3. The predicted octanol–water partition coefficient (Wildman–Crippen LogP) is 1.32. The number of carbonyl (C=O) groups is 1. The number of nitrogens with zero attached hydrogens (tertiary/aromatic N) is 2. The summed E-state index contributed by atoms with van der Waals surface area (Å²) in [6.45, 7) is 3.73. The fourth-order valence-electron chi connectivity index (χ4n) is 4.15. The molecule has 0 spiro atoms. The van der Waals surface area contributed by atoms with Crippen LogP contribution in [0.1, 0.15) is 0 Å². The SMILES string of the molecule is O=C(Nc1cc(S(=O)(=O)N2CCOCC2)ccc1N1CCOCC1)[C@H]1COc2ccccc2O1. The van der Waals surface area contributed by atoms with Gasteiger partial charge < -0.3 is 29.2 Å². The summed E-state index contributed by atoms with van der Waals surface area (Å²) in [5.74, 6) is 0.662. The van der Waals surface area contributed by atoms with Crippen molar-refractivity contribution in [2.45, 2.75) is 11.0 Å². The fraction of sp³-hybridized carbons (Fsp3) is 0.435. The van der Waals surface area contributed by atoms with E-state index < -0.39 is 22.0 Å². The topological polar surface area (TPSA) is 107 Å². The zero-order valence-corrected chi connectivity index (χ0v) is 19.5. The highest BCUT2D eigenvalue weighted by Gasteiger charge is 2.31. The van der Waals surface area contributed by atoms with Gasteiger partial charge in [-0.1, -0.05) is 12.1 Å². The Balaban J connectivity index is 1.42. The summed E-state index contributed by atoms with van der Waals surface area (Å²) in [5.41, 5.74) is 1.14. The predicted molar refractivity (Wildman–Crippen MR) is 124 cm³/mol. The number of ether oxygens (including phenoxy) is 4. The number of carbonyl (C=O) groups excluding carboxylic acids is 1. The molecular weight excluding hydrogens is 462 g/mol. The molecule has 3 aliphatic heterocycles. The minimum absolute atomic E-state index is 0.0570. The highest BCUT2D eigenvalue weighted by atomic mass is 32.2. The van der Waals surface area contributed by atoms with Crippen molar-refractivity contribution in [1.82, 2.24) is 4.31 Å². The standard InChI is InChI=1S/C23H27N3O7S/c27-23(22-16-32-20-3-1-2-4-21(20)33-22)24-18-15-17(34(28,29)26-9-13-31-14-10-26)5-6-19(18)25-7-11-30-12-8-25/h1-6,15,22H,7-14,16H2,(H,24,27)/t22-/m1/s1. The van der Waals surface area contributed by atoms with E-state index in [1.807, 2.05) is 6.07 Å². The molecule has 1 N–H and O–H groups in total. The van der Waals surface area contributed by atoms with Crippen LogP contribution in [-0.4, -0.2) is 83.9 Å². The largest absolute Gasteiger partial charge is 0.485 e. The van der Waals surface area contributed by atoms with Crippen molar-refractivity contribution >= 4 is 27.3 Å². The molecule has 5 rings (SSSR count). The van der Waals surface area contributed by atoms with Crippen molar-refractivity contribution in [3.05, 3.63) is 42.5 Å². The number of nitrogens with one attached hydrogen (secondary N) is 1. The van der Waals surface area contributed by atoms with E-state index in [2.05, 4.69) is 10.2 Å². The highest BCUT2D eigenvalue weighted by Crippen LogP contribution is 2.33. The van der Waals surface area contributed by atoms with Crippen LogP contribution in [0.15, 0.2) is 47.4 Å². The van der Waals surface area contributed by atoms with Crippen LogP contribution in [-0.2, 0) is 24.3 Å². The minimum atomic E-state index is -3.73. The maximum Gasteiger partial charge on any atom is 0.269 e. The summed E-state index contributed by atoms with van der Waals surface area (Å²) in [6, 6.07) is 12.0. The number of anilines is 2. The number of rotatable bonds is 5. The number of fused-ring (bicyclic) bond motifs is 1. The quantitative estimate of drug-likeness (QED) is 0.671. The second kappa shape index (κ2) is 9.79. The van der Waals surface area contributed by atoms with Crippen molar-refractivity contribution in [1.29, 1.82) is 0 Å². The summed E-state index contributed by atoms with van der Waals surface area (Å²) in [5, 5.41) is 2.89. The summed E-state index contributed by atoms with van der Waals surface area (Å²) in [6.07, 6.45) is -0.869. The van der Waals surface area contributed by atoms with Gasteiger partial charge in [0.1, 0.15) is 6.61 Å². The Kier molecular flexibility index (Phi) is 6.59. The molecule has 0 aromatic heterocycles. The number of sulfonamides is 1. The molecular formula is C23H27N3O7S. The van der Waals surface area contributed by atoms with Crippen LogP contribution < -0.4 is 19.7 Å². The monoisotopic (exact) mass is 489 g/mol. The molecule has 3 aliphatic rings. The first kappa shape index (κ1) is 22.9. The van der Waals surface area contributed by atoms with Crippen molar-refractivity contribution < 1.29 is 32.2 Å². The van der Waals surface area contributed by atoms with Gasteiger partial charge in [-0.2, -0.15) is 4.31 Å². The van der Waals surface area contributed by atoms with Gasteiger partial charge in [-0.25, -0.2) is 8.42 Å². The summed E-state index contributed by atoms with van der Waals surface area (Å²) in [4.78, 5) is 15.3. The van der Waals surface area contributed by atoms with Gasteiger partial charge in [0.15, 0.2) is 11.5 Å². The number of morpholine rings is 2.